The second-order valence-electron chi connectivity index (χ2n) is 3.94. The van der Waals surface area contributed by atoms with Crippen molar-refractivity contribution >= 4 is 23.6 Å². The van der Waals surface area contributed by atoms with Gasteiger partial charge in [0, 0.05) is 5.56 Å². The van der Waals surface area contributed by atoms with E-state index < -0.39 is 0 Å². The van der Waals surface area contributed by atoms with Crippen LogP contribution in [0.3, 0.4) is 0 Å². The Balaban J connectivity index is 2.04. The largest absolute Gasteiger partial charge is 0.296 e. The minimum Gasteiger partial charge on any atom is -0.296 e. The molecule has 0 aliphatic heterocycles. The van der Waals surface area contributed by atoms with Crippen molar-refractivity contribution in [2.75, 3.05) is 0 Å². The lowest BCUT2D eigenvalue weighted by Crippen LogP contribution is -2.01. The van der Waals surface area contributed by atoms with Gasteiger partial charge in [0.2, 0.25) is 0 Å². The maximum atomic E-state index is 5.29. The third-order valence-electron chi connectivity index (χ3n) is 2.71. The molecular formula is C13H11N3S2. The van der Waals surface area contributed by atoms with Crippen molar-refractivity contribution in [3.05, 3.63) is 57.5 Å². The molecule has 0 fully saturated rings. The lowest BCUT2D eigenvalue weighted by Gasteiger charge is -2.05. The van der Waals surface area contributed by atoms with E-state index in [1.807, 2.05) is 34.9 Å². The summed E-state index contributed by atoms with van der Waals surface area (Å²) in [5.74, 6) is 0.881. The van der Waals surface area contributed by atoms with Crippen LogP contribution in [0.5, 0.6) is 0 Å². The van der Waals surface area contributed by atoms with Crippen LogP contribution in [0.4, 0.5) is 0 Å². The zero-order chi connectivity index (χ0) is 12.4. The Kier molecular flexibility index (Phi) is 3.08. The highest BCUT2D eigenvalue weighted by atomic mass is 32.1. The van der Waals surface area contributed by atoms with Crippen molar-refractivity contribution in [1.29, 1.82) is 0 Å². The summed E-state index contributed by atoms with van der Waals surface area (Å²) >= 11 is 6.99. The summed E-state index contributed by atoms with van der Waals surface area (Å²) in [6.45, 7) is 0.753. The van der Waals surface area contributed by atoms with Crippen LogP contribution in [0.2, 0.25) is 0 Å². The van der Waals surface area contributed by atoms with Gasteiger partial charge in [0.15, 0.2) is 10.6 Å². The maximum Gasteiger partial charge on any atom is 0.195 e. The summed E-state index contributed by atoms with van der Waals surface area (Å²) in [7, 11) is 0. The molecule has 0 radical (unpaired) electrons. The fraction of sp³-hybridized carbons (Fsp3) is 0.0769. The molecule has 3 aromatic rings. The standard InChI is InChI=1S/C13H11N3S2/c17-13-15-14-12(11-4-2-1-3-5-11)16(13)8-10-6-7-18-9-10/h1-7,9H,8H2,(H,15,17). The molecule has 90 valence electrons. The van der Waals surface area contributed by atoms with Gasteiger partial charge in [-0.1, -0.05) is 30.3 Å². The van der Waals surface area contributed by atoms with Gasteiger partial charge in [0.05, 0.1) is 6.54 Å². The molecule has 18 heavy (non-hydrogen) atoms. The number of hydrogen-bond acceptors (Lipinski definition) is 3. The van der Waals surface area contributed by atoms with E-state index in [1.165, 1.54) is 5.56 Å². The van der Waals surface area contributed by atoms with E-state index in [0.29, 0.717) is 4.77 Å². The van der Waals surface area contributed by atoms with E-state index in [1.54, 1.807) is 11.3 Å². The van der Waals surface area contributed by atoms with E-state index in [2.05, 4.69) is 27.0 Å². The zero-order valence-electron chi connectivity index (χ0n) is 9.54. The average Bonchev–Trinajstić information content (AvgIpc) is 3.03. The number of aromatic nitrogens is 3. The van der Waals surface area contributed by atoms with Gasteiger partial charge < -0.3 is 0 Å². The van der Waals surface area contributed by atoms with Gasteiger partial charge >= 0.3 is 0 Å². The molecule has 1 N–H and O–H groups in total. The molecular weight excluding hydrogens is 262 g/mol. The van der Waals surface area contributed by atoms with Crippen molar-refractivity contribution in [1.82, 2.24) is 14.8 Å². The SMILES string of the molecule is S=c1[nH]nc(-c2ccccc2)n1Cc1ccsc1. The highest BCUT2D eigenvalue weighted by molar-refractivity contribution is 7.71. The Morgan fingerprint density at radius 2 is 2.06 bits per heavy atom. The van der Waals surface area contributed by atoms with Crippen molar-refractivity contribution in [2.45, 2.75) is 6.54 Å². The van der Waals surface area contributed by atoms with Crippen molar-refractivity contribution in [2.24, 2.45) is 0 Å². The molecule has 0 atom stereocenters. The van der Waals surface area contributed by atoms with Crippen LogP contribution in [-0.2, 0) is 6.54 Å². The topological polar surface area (TPSA) is 33.6 Å². The van der Waals surface area contributed by atoms with Crippen LogP contribution >= 0.6 is 23.6 Å². The summed E-state index contributed by atoms with van der Waals surface area (Å²) in [5, 5.41) is 11.4. The first-order valence-electron chi connectivity index (χ1n) is 5.56. The summed E-state index contributed by atoms with van der Waals surface area (Å²) < 4.78 is 2.67. The predicted molar refractivity (Wildman–Crippen MR) is 76.3 cm³/mol. The number of aromatic amines is 1. The first kappa shape index (κ1) is 11.4. The number of benzene rings is 1. The summed E-state index contributed by atoms with van der Waals surface area (Å²) in [6.07, 6.45) is 0. The first-order chi connectivity index (χ1) is 8.84. The Bertz CT molecular complexity index is 681. The molecule has 1 aromatic carbocycles. The molecule has 2 heterocycles. The lowest BCUT2D eigenvalue weighted by molar-refractivity contribution is 0.793. The molecule has 0 unspecified atom stereocenters. The number of hydrogen-bond donors (Lipinski definition) is 1. The van der Waals surface area contributed by atoms with Gasteiger partial charge in [-0.15, -0.1) is 0 Å². The smallest absolute Gasteiger partial charge is 0.195 e. The number of nitrogens with zero attached hydrogens (tertiary/aromatic N) is 2. The number of thiophene rings is 1. The Morgan fingerprint density at radius 3 is 2.78 bits per heavy atom. The third kappa shape index (κ3) is 2.14. The number of H-pyrrole nitrogens is 1. The Labute approximate surface area is 114 Å². The molecule has 0 saturated heterocycles. The fourth-order valence-electron chi connectivity index (χ4n) is 1.84. The predicted octanol–water partition coefficient (Wildman–Crippen LogP) is 3.72. The van der Waals surface area contributed by atoms with Gasteiger partial charge in [-0.3, -0.25) is 9.67 Å². The molecule has 0 aliphatic rings. The molecule has 0 aliphatic carbocycles. The van der Waals surface area contributed by atoms with Gasteiger partial charge in [0.1, 0.15) is 0 Å². The molecule has 3 rings (SSSR count). The quantitative estimate of drug-likeness (QED) is 0.738. The molecule has 0 spiro atoms. The summed E-state index contributed by atoms with van der Waals surface area (Å²) in [6, 6.07) is 12.2. The van der Waals surface area contributed by atoms with E-state index in [0.717, 1.165) is 17.9 Å². The minimum absolute atomic E-state index is 0.653. The average molecular weight is 273 g/mol. The van der Waals surface area contributed by atoms with E-state index in [4.69, 9.17) is 12.2 Å². The first-order valence-corrected chi connectivity index (χ1v) is 6.91. The molecule has 0 amide bonds. The third-order valence-corrected chi connectivity index (χ3v) is 3.75. The van der Waals surface area contributed by atoms with Gasteiger partial charge in [-0.2, -0.15) is 16.4 Å². The van der Waals surface area contributed by atoms with Crippen molar-refractivity contribution in [3.8, 4) is 11.4 Å². The van der Waals surface area contributed by atoms with Crippen molar-refractivity contribution < 1.29 is 0 Å². The number of rotatable bonds is 3. The minimum atomic E-state index is 0.653. The second-order valence-corrected chi connectivity index (χ2v) is 5.10. The summed E-state index contributed by atoms with van der Waals surface area (Å²) in [4.78, 5) is 0. The zero-order valence-corrected chi connectivity index (χ0v) is 11.2. The molecule has 3 nitrogen and oxygen atoms in total. The van der Waals surface area contributed by atoms with Gasteiger partial charge in [0.25, 0.3) is 0 Å². The van der Waals surface area contributed by atoms with E-state index in [-0.39, 0.29) is 0 Å². The van der Waals surface area contributed by atoms with Crippen LogP contribution in [-0.4, -0.2) is 14.8 Å². The normalized spacial score (nSPS) is 10.7. The maximum absolute atomic E-state index is 5.29. The van der Waals surface area contributed by atoms with Gasteiger partial charge in [-0.25, -0.2) is 0 Å². The highest BCUT2D eigenvalue weighted by Crippen LogP contribution is 2.18. The Hall–Kier alpha value is -1.72. The van der Waals surface area contributed by atoms with Crippen LogP contribution in [0.25, 0.3) is 11.4 Å². The molecule has 2 aromatic heterocycles. The van der Waals surface area contributed by atoms with Crippen molar-refractivity contribution in [3.63, 3.8) is 0 Å². The van der Waals surface area contributed by atoms with Crippen LogP contribution < -0.4 is 0 Å². The Morgan fingerprint density at radius 1 is 1.22 bits per heavy atom. The van der Waals surface area contributed by atoms with Gasteiger partial charge in [-0.05, 0) is 34.6 Å². The second kappa shape index (κ2) is 4.88. The van der Waals surface area contributed by atoms with Crippen LogP contribution in [0, 0.1) is 4.77 Å². The van der Waals surface area contributed by atoms with E-state index in [9.17, 15) is 0 Å². The monoisotopic (exact) mass is 273 g/mol. The molecule has 5 heteroatoms. The van der Waals surface area contributed by atoms with Crippen LogP contribution in [0.15, 0.2) is 47.2 Å². The molecule has 0 bridgehead atoms. The summed E-state index contributed by atoms with van der Waals surface area (Å²) in [5.41, 5.74) is 2.31. The van der Waals surface area contributed by atoms with Crippen LogP contribution in [0.1, 0.15) is 5.56 Å². The highest BCUT2D eigenvalue weighted by Gasteiger charge is 2.08. The number of nitrogens with one attached hydrogen (secondary N) is 1. The van der Waals surface area contributed by atoms with E-state index >= 15 is 0 Å². The molecule has 0 saturated carbocycles. The lowest BCUT2D eigenvalue weighted by atomic mass is 10.2. The fourth-order valence-corrected chi connectivity index (χ4v) is 2.69.